The molecular formula is C15H16N2O2S. The molecule has 1 aromatic rings. The maximum atomic E-state index is 8.81. The Morgan fingerprint density at radius 3 is 2.30 bits per heavy atom. The molecule has 0 aliphatic carbocycles. The minimum Gasteiger partial charge on any atom is -0.362 e. The maximum Gasteiger partial charge on any atom is 0.171 e. The van der Waals surface area contributed by atoms with Crippen molar-refractivity contribution in [2.75, 3.05) is 26.3 Å². The van der Waals surface area contributed by atoms with Crippen LogP contribution in [0.25, 0.3) is 0 Å². The van der Waals surface area contributed by atoms with Gasteiger partial charge in [-0.25, -0.2) is 0 Å². The SMILES string of the molecule is N#Cc1ccc(C(=S)N2CCC3(CC2)OCCO3)cc1. The van der Waals surface area contributed by atoms with Gasteiger partial charge in [-0.05, 0) is 12.1 Å². The third kappa shape index (κ3) is 2.55. The summed E-state index contributed by atoms with van der Waals surface area (Å²) >= 11 is 5.54. The van der Waals surface area contributed by atoms with Crippen molar-refractivity contribution in [3.8, 4) is 6.07 Å². The highest BCUT2D eigenvalue weighted by molar-refractivity contribution is 7.80. The lowest BCUT2D eigenvalue weighted by atomic mass is 10.0. The van der Waals surface area contributed by atoms with Crippen LogP contribution in [-0.4, -0.2) is 42.0 Å². The van der Waals surface area contributed by atoms with E-state index in [2.05, 4.69) is 11.0 Å². The van der Waals surface area contributed by atoms with Crippen LogP contribution in [0.15, 0.2) is 24.3 Å². The summed E-state index contributed by atoms with van der Waals surface area (Å²) in [4.78, 5) is 3.02. The highest BCUT2D eigenvalue weighted by atomic mass is 32.1. The van der Waals surface area contributed by atoms with E-state index in [1.807, 2.05) is 12.1 Å². The number of hydrogen-bond acceptors (Lipinski definition) is 4. The number of nitriles is 1. The first-order valence-corrected chi connectivity index (χ1v) is 7.21. The van der Waals surface area contributed by atoms with Crippen molar-refractivity contribution in [3.63, 3.8) is 0 Å². The Balaban J connectivity index is 1.65. The molecule has 1 spiro atoms. The van der Waals surface area contributed by atoms with Gasteiger partial charge in [0, 0.05) is 31.5 Å². The molecule has 0 radical (unpaired) electrons. The predicted molar refractivity (Wildman–Crippen MR) is 78.3 cm³/mol. The summed E-state index contributed by atoms with van der Waals surface area (Å²) in [6.07, 6.45) is 1.70. The fourth-order valence-electron chi connectivity index (χ4n) is 2.71. The molecule has 0 bridgehead atoms. The number of likely N-dealkylation sites (tertiary alicyclic amines) is 1. The number of ether oxygens (including phenoxy) is 2. The van der Waals surface area contributed by atoms with E-state index in [0.717, 1.165) is 36.5 Å². The highest BCUT2D eigenvalue weighted by Gasteiger charge is 2.40. The van der Waals surface area contributed by atoms with Crippen molar-refractivity contribution in [2.24, 2.45) is 0 Å². The van der Waals surface area contributed by atoms with E-state index in [0.29, 0.717) is 18.8 Å². The molecule has 2 heterocycles. The molecule has 2 fully saturated rings. The van der Waals surface area contributed by atoms with Crippen molar-refractivity contribution in [1.29, 1.82) is 5.26 Å². The molecule has 1 aromatic carbocycles. The lowest BCUT2D eigenvalue weighted by Gasteiger charge is -2.38. The molecule has 0 unspecified atom stereocenters. The average molecular weight is 288 g/mol. The zero-order chi connectivity index (χ0) is 14.0. The van der Waals surface area contributed by atoms with Gasteiger partial charge in [-0.3, -0.25) is 0 Å². The highest BCUT2D eigenvalue weighted by Crippen LogP contribution is 2.31. The predicted octanol–water partition coefficient (Wildman–Crippen LogP) is 2.07. The largest absolute Gasteiger partial charge is 0.362 e. The molecule has 4 nitrogen and oxygen atoms in total. The third-order valence-electron chi connectivity index (χ3n) is 3.89. The number of piperidine rings is 1. The lowest BCUT2D eigenvalue weighted by molar-refractivity contribution is -0.180. The topological polar surface area (TPSA) is 45.5 Å². The van der Waals surface area contributed by atoms with E-state index in [9.17, 15) is 0 Å². The molecular weight excluding hydrogens is 272 g/mol. The first kappa shape index (κ1) is 13.5. The maximum absolute atomic E-state index is 8.81. The molecule has 0 aromatic heterocycles. The number of nitrogens with zero attached hydrogens (tertiary/aromatic N) is 2. The van der Waals surface area contributed by atoms with Crippen molar-refractivity contribution >= 4 is 17.2 Å². The molecule has 0 saturated carbocycles. The summed E-state index contributed by atoms with van der Waals surface area (Å²) in [6, 6.07) is 9.54. The minimum absolute atomic E-state index is 0.364. The number of benzene rings is 1. The summed E-state index contributed by atoms with van der Waals surface area (Å²) in [5.41, 5.74) is 1.64. The van der Waals surface area contributed by atoms with E-state index in [1.165, 1.54) is 0 Å². The Hall–Kier alpha value is -1.48. The number of hydrogen-bond donors (Lipinski definition) is 0. The molecule has 5 heteroatoms. The van der Waals surface area contributed by atoms with Gasteiger partial charge < -0.3 is 14.4 Å². The van der Waals surface area contributed by atoms with Gasteiger partial charge in [0.05, 0.1) is 24.8 Å². The van der Waals surface area contributed by atoms with E-state index in [1.54, 1.807) is 12.1 Å². The zero-order valence-corrected chi connectivity index (χ0v) is 12.0. The number of thiocarbonyl (C=S) groups is 1. The summed E-state index contributed by atoms with van der Waals surface area (Å²) in [5, 5.41) is 8.81. The molecule has 2 aliphatic rings. The summed E-state index contributed by atoms with van der Waals surface area (Å²) in [5.74, 6) is -0.364. The fraction of sp³-hybridized carbons (Fsp3) is 0.467. The Bertz CT molecular complexity index is 534. The molecule has 0 atom stereocenters. The van der Waals surface area contributed by atoms with Crippen LogP contribution in [0.1, 0.15) is 24.0 Å². The van der Waals surface area contributed by atoms with E-state index < -0.39 is 0 Å². The van der Waals surface area contributed by atoms with Crippen LogP contribution in [0.3, 0.4) is 0 Å². The minimum atomic E-state index is -0.364. The van der Waals surface area contributed by atoms with Crippen LogP contribution in [0, 0.1) is 11.3 Å². The van der Waals surface area contributed by atoms with Crippen LogP contribution < -0.4 is 0 Å². The smallest absolute Gasteiger partial charge is 0.171 e. The zero-order valence-electron chi connectivity index (χ0n) is 11.2. The van der Waals surface area contributed by atoms with Gasteiger partial charge in [0.15, 0.2) is 5.79 Å². The Morgan fingerprint density at radius 1 is 1.15 bits per heavy atom. The van der Waals surface area contributed by atoms with Crippen LogP contribution >= 0.6 is 12.2 Å². The number of rotatable bonds is 1. The van der Waals surface area contributed by atoms with E-state index in [4.69, 9.17) is 27.0 Å². The van der Waals surface area contributed by atoms with E-state index in [-0.39, 0.29) is 5.79 Å². The molecule has 2 aliphatic heterocycles. The molecule has 3 rings (SSSR count). The van der Waals surface area contributed by atoms with Crippen LogP contribution in [0.2, 0.25) is 0 Å². The quantitative estimate of drug-likeness (QED) is 0.740. The molecule has 20 heavy (non-hydrogen) atoms. The standard InChI is InChI=1S/C15H16N2O2S/c16-11-12-1-3-13(4-2-12)14(20)17-7-5-15(6-8-17)18-9-10-19-15/h1-4H,5-10H2. The van der Waals surface area contributed by atoms with Gasteiger partial charge >= 0.3 is 0 Å². The van der Waals surface area contributed by atoms with Gasteiger partial charge in [0.25, 0.3) is 0 Å². The molecule has 0 amide bonds. The van der Waals surface area contributed by atoms with Gasteiger partial charge in [0.2, 0.25) is 0 Å². The van der Waals surface area contributed by atoms with Gasteiger partial charge in [-0.1, -0.05) is 24.4 Å². The van der Waals surface area contributed by atoms with Crippen LogP contribution in [0.4, 0.5) is 0 Å². The first-order chi connectivity index (χ1) is 9.72. The molecule has 0 N–H and O–H groups in total. The van der Waals surface area contributed by atoms with Crippen molar-refractivity contribution in [1.82, 2.24) is 4.90 Å². The third-order valence-corrected chi connectivity index (χ3v) is 4.38. The van der Waals surface area contributed by atoms with Gasteiger partial charge in [-0.2, -0.15) is 5.26 Å². The van der Waals surface area contributed by atoms with Crippen LogP contribution in [0.5, 0.6) is 0 Å². The van der Waals surface area contributed by atoms with Gasteiger partial charge in [0.1, 0.15) is 4.99 Å². The summed E-state index contributed by atoms with van der Waals surface area (Å²) in [6.45, 7) is 3.08. The van der Waals surface area contributed by atoms with Gasteiger partial charge in [-0.15, -0.1) is 0 Å². The van der Waals surface area contributed by atoms with E-state index >= 15 is 0 Å². The van der Waals surface area contributed by atoms with Crippen molar-refractivity contribution in [3.05, 3.63) is 35.4 Å². The van der Waals surface area contributed by atoms with Crippen molar-refractivity contribution in [2.45, 2.75) is 18.6 Å². The summed E-state index contributed by atoms with van der Waals surface area (Å²) < 4.78 is 11.4. The monoisotopic (exact) mass is 288 g/mol. The Labute approximate surface area is 123 Å². The van der Waals surface area contributed by atoms with Crippen molar-refractivity contribution < 1.29 is 9.47 Å². The average Bonchev–Trinajstić information content (AvgIpc) is 2.96. The molecule has 104 valence electrons. The second-order valence-electron chi connectivity index (χ2n) is 5.09. The Morgan fingerprint density at radius 2 is 1.75 bits per heavy atom. The second-order valence-corrected chi connectivity index (χ2v) is 5.48. The second kappa shape index (κ2) is 5.49. The Kier molecular flexibility index (Phi) is 3.70. The molecule has 2 saturated heterocycles. The lowest BCUT2D eigenvalue weighted by Crippen LogP contribution is -2.47. The first-order valence-electron chi connectivity index (χ1n) is 6.80. The van der Waals surface area contributed by atoms with Crippen LogP contribution in [-0.2, 0) is 9.47 Å². The summed E-state index contributed by atoms with van der Waals surface area (Å²) in [7, 11) is 0. The fourth-order valence-corrected chi connectivity index (χ4v) is 3.02. The normalized spacial score (nSPS) is 20.9.